The summed E-state index contributed by atoms with van der Waals surface area (Å²) in [6.45, 7) is 5.05. The van der Waals surface area contributed by atoms with Gasteiger partial charge in [0.2, 0.25) is 0 Å². The van der Waals surface area contributed by atoms with Crippen molar-refractivity contribution in [3.8, 4) is 0 Å². The Bertz CT molecular complexity index is 254. The average Bonchev–Trinajstić information content (AvgIpc) is 2.46. The molecule has 0 saturated heterocycles. The van der Waals surface area contributed by atoms with E-state index in [4.69, 9.17) is 14.6 Å². The highest BCUT2D eigenvalue weighted by Crippen LogP contribution is 2.53. The lowest BCUT2D eigenvalue weighted by atomic mass is 9.55. The van der Waals surface area contributed by atoms with E-state index < -0.39 is 0 Å². The monoisotopic (exact) mass is 271 g/mol. The number of aliphatic hydroxyl groups is 1. The lowest BCUT2D eigenvalue weighted by Crippen LogP contribution is -2.64. The molecule has 2 unspecified atom stereocenters. The first-order valence-corrected chi connectivity index (χ1v) is 7.87. The standard InChI is InChI=1S/C15H29NO3/c1-2-19-14-12-13(16-8-10-18-11-9-17)15(14)6-4-3-5-7-15/h13-14,16-17H,2-12H2,1H3. The molecule has 0 aromatic heterocycles. The lowest BCUT2D eigenvalue weighted by Gasteiger charge is -2.58. The summed E-state index contributed by atoms with van der Waals surface area (Å²) in [6, 6.07) is 0.599. The Hall–Kier alpha value is -0.160. The van der Waals surface area contributed by atoms with E-state index in [0.717, 1.165) is 19.6 Å². The average molecular weight is 271 g/mol. The highest BCUT2D eigenvalue weighted by molar-refractivity contribution is 5.08. The zero-order valence-corrected chi connectivity index (χ0v) is 12.2. The van der Waals surface area contributed by atoms with Crippen LogP contribution in [0.3, 0.4) is 0 Å². The van der Waals surface area contributed by atoms with E-state index in [1.165, 1.54) is 32.1 Å². The van der Waals surface area contributed by atoms with Gasteiger partial charge in [-0.3, -0.25) is 0 Å². The van der Waals surface area contributed by atoms with E-state index in [0.29, 0.717) is 30.8 Å². The van der Waals surface area contributed by atoms with E-state index in [1.54, 1.807) is 0 Å². The topological polar surface area (TPSA) is 50.7 Å². The van der Waals surface area contributed by atoms with Crippen LogP contribution in [0.4, 0.5) is 0 Å². The molecule has 0 amide bonds. The summed E-state index contributed by atoms with van der Waals surface area (Å²) in [4.78, 5) is 0. The smallest absolute Gasteiger partial charge is 0.0698 e. The van der Waals surface area contributed by atoms with Crippen molar-refractivity contribution in [3.05, 3.63) is 0 Å². The summed E-state index contributed by atoms with van der Waals surface area (Å²) in [5.41, 5.74) is 0.394. The molecule has 2 fully saturated rings. The van der Waals surface area contributed by atoms with E-state index in [1.807, 2.05) is 0 Å². The minimum absolute atomic E-state index is 0.111. The quantitative estimate of drug-likeness (QED) is 0.660. The number of nitrogens with one attached hydrogen (secondary N) is 1. The fourth-order valence-corrected chi connectivity index (χ4v) is 3.82. The molecule has 19 heavy (non-hydrogen) atoms. The number of hydrogen-bond acceptors (Lipinski definition) is 4. The maximum Gasteiger partial charge on any atom is 0.0698 e. The summed E-state index contributed by atoms with van der Waals surface area (Å²) in [5.74, 6) is 0. The highest BCUT2D eigenvalue weighted by atomic mass is 16.5. The molecule has 0 bridgehead atoms. The van der Waals surface area contributed by atoms with Crippen LogP contribution in [0, 0.1) is 5.41 Å². The van der Waals surface area contributed by atoms with Gasteiger partial charge in [0.1, 0.15) is 0 Å². The van der Waals surface area contributed by atoms with Crippen LogP contribution in [-0.2, 0) is 9.47 Å². The van der Waals surface area contributed by atoms with Gasteiger partial charge in [0.25, 0.3) is 0 Å². The van der Waals surface area contributed by atoms with Crippen molar-refractivity contribution in [3.63, 3.8) is 0 Å². The minimum atomic E-state index is 0.111. The molecule has 2 N–H and O–H groups in total. The molecule has 0 aromatic carbocycles. The third-order valence-corrected chi connectivity index (χ3v) is 4.81. The molecule has 0 aromatic rings. The third kappa shape index (κ3) is 3.48. The van der Waals surface area contributed by atoms with Crippen LogP contribution in [0.1, 0.15) is 45.4 Å². The number of rotatable bonds is 8. The fraction of sp³-hybridized carbons (Fsp3) is 1.00. The Morgan fingerprint density at radius 3 is 2.68 bits per heavy atom. The van der Waals surface area contributed by atoms with Gasteiger partial charge in [0.15, 0.2) is 0 Å². The van der Waals surface area contributed by atoms with Crippen molar-refractivity contribution in [2.24, 2.45) is 5.41 Å². The number of hydrogen-bond donors (Lipinski definition) is 2. The first-order valence-electron chi connectivity index (χ1n) is 7.87. The van der Waals surface area contributed by atoms with E-state index >= 15 is 0 Å². The molecule has 2 atom stereocenters. The van der Waals surface area contributed by atoms with Crippen molar-refractivity contribution < 1.29 is 14.6 Å². The van der Waals surface area contributed by atoms with Gasteiger partial charge in [-0.1, -0.05) is 19.3 Å². The van der Waals surface area contributed by atoms with Crippen LogP contribution >= 0.6 is 0 Å². The zero-order chi connectivity index (χ0) is 13.6. The fourth-order valence-electron chi connectivity index (χ4n) is 3.82. The van der Waals surface area contributed by atoms with Crippen molar-refractivity contribution in [1.29, 1.82) is 0 Å². The predicted molar refractivity (Wildman–Crippen MR) is 75.2 cm³/mol. The van der Waals surface area contributed by atoms with Gasteiger partial charge in [-0.15, -0.1) is 0 Å². The first-order chi connectivity index (χ1) is 9.33. The SMILES string of the molecule is CCOC1CC(NCCOCCO)C12CCCCC2. The summed E-state index contributed by atoms with van der Waals surface area (Å²) in [6.07, 6.45) is 8.32. The molecule has 0 heterocycles. The lowest BCUT2D eigenvalue weighted by molar-refractivity contribution is -0.150. The molecule has 0 radical (unpaired) electrons. The van der Waals surface area contributed by atoms with Crippen LogP contribution in [0.15, 0.2) is 0 Å². The minimum Gasteiger partial charge on any atom is -0.394 e. The maximum absolute atomic E-state index is 8.66. The molecule has 1 spiro atoms. The largest absolute Gasteiger partial charge is 0.394 e. The Morgan fingerprint density at radius 2 is 2.00 bits per heavy atom. The Labute approximate surface area is 116 Å². The van der Waals surface area contributed by atoms with Crippen molar-refractivity contribution in [2.45, 2.75) is 57.6 Å². The summed E-state index contributed by atoms with van der Waals surface area (Å²) in [7, 11) is 0. The van der Waals surface area contributed by atoms with E-state index in [2.05, 4.69) is 12.2 Å². The molecule has 2 rings (SSSR count). The highest BCUT2D eigenvalue weighted by Gasteiger charge is 2.55. The zero-order valence-electron chi connectivity index (χ0n) is 12.2. The van der Waals surface area contributed by atoms with Crippen LogP contribution in [0.25, 0.3) is 0 Å². The van der Waals surface area contributed by atoms with Crippen LogP contribution in [0.5, 0.6) is 0 Å². The number of ether oxygens (including phenoxy) is 2. The Kier molecular flexibility index (Phi) is 6.07. The first kappa shape index (κ1) is 15.2. The Morgan fingerprint density at radius 1 is 1.21 bits per heavy atom. The van der Waals surface area contributed by atoms with Gasteiger partial charge in [-0.25, -0.2) is 0 Å². The van der Waals surface area contributed by atoms with Gasteiger partial charge in [0.05, 0.1) is 25.9 Å². The molecule has 112 valence electrons. The van der Waals surface area contributed by atoms with Crippen LogP contribution < -0.4 is 5.32 Å². The molecule has 4 heteroatoms. The van der Waals surface area contributed by atoms with E-state index in [9.17, 15) is 0 Å². The second-order valence-corrected chi connectivity index (χ2v) is 5.82. The van der Waals surface area contributed by atoms with Crippen molar-refractivity contribution in [1.82, 2.24) is 5.32 Å². The van der Waals surface area contributed by atoms with Crippen LogP contribution in [-0.4, -0.2) is 50.2 Å². The third-order valence-electron chi connectivity index (χ3n) is 4.81. The second-order valence-electron chi connectivity index (χ2n) is 5.82. The van der Waals surface area contributed by atoms with Gasteiger partial charge in [-0.05, 0) is 26.2 Å². The molecule has 0 aliphatic heterocycles. The molecular formula is C15H29NO3. The van der Waals surface area contributed by atoms with E-state index in [-0.39, 0.29) is 6.61 Å². The second kappa shape index (κ2) is 7.58. The number of aliphatic hydroxyl groups excluding tert-OH is 1. The predicted octanol–water partition coefficient (Wildman–Crippen LogP) is 1.71. The maximum atomic E-state index is 8.66. The van der Waals surface area contributed by atoms with Gasteiger partial charge in [-0.2, -0.15) is 0 Å². The van der Waals surface area contributed by atoms with Gasteiger partial charge in [0, 0.05) is 24.6 Å². The summed E-state index contributed by atoms with van der Waals surface area (Å²) >= 11 is 0. The molecule has 2 saturated carbocycles. The molecule has 2 aliphatic carbocycles. The molecular weight excluding hydrogens is 242 g/mol. The normalized spacial score (nSPS) is 29.4. The summed E-state index contributed by atoms with van der Waals surface area (Å²) in [5, 5.41) is 12.3. The van der Waals surface area contributed by atoms with Gasteiger partial charge >= 0.3 is 0 Å². The van der Waals surface area contributed by atoms with Crippen LogP contribution in [0.2, 0.25) is 0 Å². The molecule has 4 nitrogen and oxygen atoms in total. The Balaban J connectivity index is 1.76. The van der Waals surface area contributed by atoms with Crippen molar-refractivity contribution >= 4 is 0 Å². The molecule has 2 aliphatic rings. The summed E-state index contributed by atoms with van der Waals surface area (Å²) < 4.78 is 11.3. The van der Waals surface area contributed by atoms with Gasteiger partial charge < -0.3 is 19.9 Å². The van der Waals surface area contributed by atoms with Crippen molar-refractivity contribution in [2.75, 3.05) is 33.0 Å².